The number of phenolic OH excluding ortho intramolecular Hbond substituents is 1. The summed E-state index contributed by atoms with van der Waals surface area (Å²) in [5, 5.41) is 19.3. The molecule has 0 spiro atoms. The first-order valence-electron chi connectivity index (χ1n) is 4.86. The van der Waals surface area contributed by atoms with Crippen LogP contribution in [0.3, 0.4) is 0 Å². The van der Waals surface area contributed by atoms with E-state index in [4.69, 9.17) is 0 Å². The van der Waals surface area contributed by atoms with E-state index in [2.05, 4.69) is 0 Å². The minimum atomic E-state index is -0.704. The van der Waals surface area contributed by atoms with E-state index < -0.39 is 5.60 Å². The van der Waals surface area contributed by atoms with Crippen molar-refractivity contribution in [3.8, 4) is 5.75 Å². The molecule has 0 saturated heterocycles. The molecule has 74 valence electrons. The molecule has 0 fully saturated rings. The van der Waals surface area contributed by atoms with Gasteiger partial charge in [-0.25, -0.2) is 0 Å². The lowest BCUT2D eigenvalue weighted by Crippen LogP contribution is -2.29. The molecule has 14 heavy (non-hydrogen) atoms. The zero-order valence-corrected chi connectivity index (χ0v) is 8.20. The Morgan fingerprint density at radius 1 is 1.43 bits per heavy atom. The summed E-state index contributed by atoms with van der Waals surface area (Å²) in [4.78, 5) is 0. The molecule has 1 atom stereocenters. The summed E-state index contributed by atoms with van der Waals surface area (Å²) in [5.74, 6) is 0.273. The lowest BCUT2D eigenvalue weighted by Gasteiger charge is -2.27. The van der Waals surface area contributed by atoms with Crippen LogP contribution in [0.25, 0.3) is 6.08 Å². The van der Waals surface area contributed by atoms with Crippen molar-refractivity contribution in [3.63, 3.8) is 0 Å². The van der Waals surface area contributed by atoms with Crippen molar-refractivity contribution < 1.29 is 10.2 Å². The summed E-state index contributed by atoms with van der Waals surface area (Å²) in [6, 6.07) is 5.25. The maximum atomic E-state index is 10.0. The number of aliphatic hydroxyl groups is 1. The molecule has 1 aliphatic rings. The van der Waals surface area contributed by atoms with E-state index in [9.17, 15) is 10.2 Å². The van der Waals surface area contributed by atoms with Gasteiger partial charge in [0, 0.05) is 6.42 Å². The second kappa shape index (κ2) is 3.14. The van der Waals surface area contributed by atoms with Crippen molar-refractivity contribution in [2.75, 3.05) is 0 Å². The third-order valence-electron chi connectivity index (χ3n) is 2.81. The molecule has 0 bridgehead atoms. The van der Waals surface area contributed by atoms with E-state index in [0.717, 1.165) is 11.1 Å². The highest BCUT2D eigenvalue weighted by Crippen LogP contribution is 2.29. The monoisotopic (exact) mass is 190 g/mol. The van der Waals surface area contributed by atoms with Crippen LogP contribution >= 0.6 is 0 Å². The zero-order valence-electron chi connectivity index (χ0n) is 8.20. The quantitative estimate of drug-likeness (QED) is 0.712. The van der Waals surface area contributed by atoms with E-state index in [0.29, 0.717) is 12.8 Å². The number of fused-ring (bicyclic) bond motifs is 1. The number of benzene rings is 1. The zero-order chi connectivity index (χ0) is 10.2. The van der Waals surface area contributed by atoms with Crippen LogP contribution < -0.4 is 0 Å². The molecule has 1 unspecified atom stereocenters. The van der Waals surface area contributed by atoms with E-state index in [-0.39, 0.29) is 5.75 Å². The van der Waals surface area contributed by atoms with Crippen LogP contribution in [0.5, 0.6) is 5.75 Å². The van der Waals surface area contributed by atoms with Gasteiger partial charge in [-0.05, 0) is 29.7 Å². The topological polar surface area (TPSA) is 40.5 Å². The van der Waals surface area contributed by atoms with Gasteiger partial charge in [0.2, 0.25) is 0 Å². The van der Waals surface area contributed by atoms with Crippen LogP contribution in [0.15, 0.2) is 24.3 Å². The van der Waals surface area contributed by atoms with Gasteiger partial charge >= 0.3 is 0 Å². The van der Waals surface area contributed by atoms with Gasteiger partial charge in [0.15, 0.2) is 0 Å². The van der Waals surface area contributed by atoms with Crippen LogP contribution in [0.2, 0.25) is 0 Å². The average molecular weight is 190 g/mol. The van der Waals surface area contributed by atoms with Gasteiger partial charge in [-0.2, -0.15) is 0 Å². The van der Waals surface area contributed by atoms with Gasteiger partial charge in [-0.15, -0.1) is 0 Å². The van der Waals surface area contributed by atoms with Gasteiger partial charge in [0.05, 0.1) is 5.60 Å². The van der Waals surface area contributed by atoms with Crippen LogP contribution in [-0.4, -0.2) is 15.8 Å². The molecule has 2 N–H and O–H groups in total. The fourth-order valence-corrected chi connectivity index (χ4v) is 1.77. The highest BCUT2D eigenvalue weighted by molar-refractivity contribution is 5.60. The lowest BCUT2D eigenvalue weighted by molar-refractivity contribution is 0.0867. The largest absolute Gasteiger partial charge is 0.508 e. The lowest BCUT2D eigenvalue weighted by atomic mass is 9.84. The van der Waals surface area contributed by atoms with Crippen molar-refractivity contribution in [3.05, 3.63) is 35.4 Å². The highest BCUT2D eigenvalue weighted by atomic mass is 16.3. The minimum absolute atomic E-state index is 0.273. The van der Waals surface area contributed by atoms with Crippen LogP contribution in [0.1, 0.15) is 24.5 Å². The molecule has 0 amide bonds. The van der Waals surface area contributed by atoms with Gasteiger partial charge < -0.3 is 10.2 Å². The van der Waals surface area contributed by atoms with Gasteiger partial charge in [0.25, 0.3) is 0 Å². The smallest absolute Gasteiger partial charge is 0.116 e. The Balaban J connectivity index is 2.41. The molecule has 0 heterocycles. The summed E-state index contributed by atoms with van der Waals surface area (Å²) in [5.41, 5.74) is 1.39. The van der Waals surface area contributed by atoms with Crippen molar-refractivity contribution in [1.29, 1.82) is 0 Å². The molecule has 2 heteroatoms. The Hall–Kier alpha value is -1.28. The first-order valence-corrected chi connectivity index (χ1v) is 4.86. The molecule has 0 saturated carbocycles. The molecular formula is C12H14O2. The summed E-state index contributed by atoms with van der Waals surface area (Å²) >= 11 is 0. The molecule has 1 aromatic carbocycles. The molecular weight excluding hydrogens is 176 g/mol. The molecule has 0 aliphatic heterocycles. The Morgan fingerprint density at radius 2 is 2.21 bits per heavy atom. The third kappa shape index (κ3) is 1.53. The Kier molecular flexibility index (Phi) is 2.08. The Labute approximate surface area is 83.5 Å². The SMILES string of the molecule is CCC1(O)C=Cc2cc(O)ccc2C1. The molecule has 1 aromatic rings. The van der Waals surface area contributed by atoms with Gasteiger partial charge in [-0.3, -0.25) is 0 Å². The summed E-state index contributed by atoms with van der Waals surface area (Å²) in [6.45, 7) is 1.97. The first-order chi connectivity index (χ1) is 6.63. The highest BCUT2D eigenvalue weighted by Gasteiger charge is 2.25. The Morgan fingerprint density at radius 3 is 2.93 bits per heavy atom. The van der Waals surface area contributed by atoms with E-state index >= 15 is 0 Å². The van der Waals surface area contributed by atoms with Gasteiger partial charge in [0.1, 0.15) is 5.75 Å². The van der Waals surface area contributed by atoms with Crippen molar-refractivity contribution in [2.24, 2.45) is 0 Å². The van der Waals surface area contributed by atoms with Crippen LogP contribution in [0.4, 0.5) is 0 Å². The first kappa shape index (κ1) is 9.28. The third-order valence-corrected chi connectivity index (χ3v) is 2.81. The molecule has 0 radical (unpaired) electrons. The predicted octanol–water partition coefficient (Wildman–Crippen LogP) is 2.10. The van der Waals surface area contributed by atoms with Crippen molar-refractivity contribution in [1.82, 2.24) is 0 Å². The number of rotatable bonds is 1. The predicted molar refractivity (Wildman–Crippen MR) is 56.1 cm³/mol. The van der Waals surface area contributed by atoms with E-state index in [1.807, 2.05) is 25.1 Å². The number of aromatic hydroxyl groups is 1. The van der Waals surface area contributed by atoms with E-state index in [1.165, 1.54) is 0 Å². The number of hydrogen-bond acceptors (Lipinski definition) is 2. The summed E-state index contributed by atoms with van der Waals surface area (Å²) in [7, 11) is 0. The molecule has 0 aromatic heterocycles. The fourth-order valence-electron chi connectivity index (χ4n) is 1.77. The summed E-state index contributed by atoms with van der Waals surface area (Å²) in [6.07, 6.45) is 5.04. The van der Waals surface area contributed by atoms with Crippen molar-refractivity contribution in [2.45, 2.75) is 25.4 Å². The van der Waals surface area contributed by atoms with Crippen molar-refractivity contribution >= 4 is 6.08 Å². The second-order valence-electron chi connectivity index (χ2n) is 3.85. The normalized spacial score (nSPS) is 24.7. The minimum Gasteiger partial charge on any atom is -0.508 e. The summed E-state index contributed by atoms with van der Waals surface area (Å²) < 4.78 is 0. The number of phenols is 1. The Bertz CT molecular complexity index is 382. The molecule has 2 rings (SSSR count). The molecule has 1 aliphatic carbocycles. The maximum Gasteiger partial charge on any atom is 0.116 e. The standard InChI is InChI=1S/C12H14O2/c1-2-12(14)6-5-9-7-11(13)4-3-10(9)8-12/h3-7,13-14H,2,8H2,1H3. The van der Waals surface area contributed by atoms with Crippen LogP contribution in [0, 0.1) is 0 Å². The maximum absolute atomic E-state index is 10.0. The van der Waals surface area contributed by atoms with Crippen LogP contribution in [-0.2, 0) is 6.42 Å². The van der Waals surface area contributed by atoms with Gasteiger partial charge in [-0.1, -0.05) is 25.1 Å². The second-order valence-corrected chi connectivity index (χ2v) is 3.85. The van der Waals surface area contributed by atoms with E-state index in [1.54, 1.807) is 12.1 Å². The molecule has 2 nitrogen and oxygen atoms in total. The average Bonchev–Trinajstić information content (AvgIpc) is 2.19. The number of hydrogen-bond donors (Lipinski definition) is 2. The fraction of sp³-hybridized carbons (Fsp3) is 0.333.